The van der Waals surface area contributed by atoms with E-state index in [-0.39, 0.29) is 12.3 Å². The summed E-state index contributed by atoms with van der Waals surface area (Å²) < 4.78 is 25.1. The molecule has 1 unspecified atom stereocenters. The van der Waals surface area contributed by atoms with E-state index >= 15 is 0 Å². The van der Waals surface area contributed by atoms with Crippen LogP contribution in [-0.4, -0.2) is 29.5 Å². The van der Waals surface area contributed by atoms with Gasteiger partial charge in [-0.25, -0.2) is 18.7 Å². The lowest BCUT2D eigenvalue weighted by Crippen LogP contribution is -2.21. The van der Waals surface area contributed by atoms with Gasteiger partial charge in [-0.15, -0.1) is 0 Å². The van der Waals surface area contributed by atoms with E-state index in [0.717, 1.165) is 40.8 Å². The molecule has 0 bridgehead atoms. The van der Waals surface area contributed by atoms with Gasteiger partial charge in [0.05, 0.1) is 0 Å². The second-order valence-electron chi connectivity index (χ2n) is 7.20. The summed E-state index contributed by atoms with van der Waals surface area (Å²) in [4.78, 5) is 10.7. The van der Waals surface area contributed by atoms with Gasteiger partial charge in [-0.05, 0) is 36.1 Å². The fourth-order valence-corrected chi connectivity index (χ4v) is 3.77. The minimum atomic E-state index is -2.23. The smallest absolute Gasteiger partial charge is 0.239 e. The summed E-state index contributed by atoms with van der Waals surface area (Å²) in [6.07, 6.45) is 2.09. The predicted molar refractivity (Wildman–Crippen MR) is 109 cm³/mol. The number of nitrogens with one attached hydrogen (secondary N) is 1. The second kappa shape index (κ2) is 7.96. The molecular weight excluding hydrogens is 360 g/mol. The van der Waals surface area contributed by atoms with Gasteiger partial charge in [-0.2, -0.15) is 0 Å². The van der Waals surface area contributed by atoms with Crippen LogP contribution in [0, 0.1) is 5.92 Å². The summed E-state index contributed by atoms with van der Waals surface area (Å²) in [5.41, 5.74) is 7.99. The molecule has 2 aromatic heterocycles. The molecule has 1 atom stereocenters. The van der Waals surface area contributed by atoms with E-state index in [1.165, 1.54) is 0 Å². The van der Waals surface area contributed by atoms with E-state index in [0.29, 0.717) is 18.9 Å². The molecule has 0 saturated carbocycles. The van der Waals surface area contributed by atoms with E-state index in [9.17, 15) is 8.78 Å². The largest absolute Gasteiger partial charge is 0.383 e. The number of nitrogens with zero attached hydrogens (tertiary/aromatic N) is 3. The molecule has 0 amide bonds. The third-order valence-electron chi connectivity index (χ3n) is 5.25. The highest BCUT2D eigenvalue weighted by Gasteiger charge is 2.25. The van der Waals surface area contributed by atoms with Gasteiger partial charge in [0.2, 0.25) is 6.43 Å². The molecule has 0 aliphatic carbocycles. The van der Waals surface area contributed by atoms with Gasteiger partial charge in [-0.3, -0.25) is 0 Å². The number of fused-ring (bicyclic) bond motifs is 1. The minimum Gasteiger partial charge on any atom is -0.383 e. The molecular formula is C21H23F2N5. The number of alkyl halides is 2. The maximum atomic E-state index is 12.6. The zero-order chi connectivity index (χ0) is 19.5. The van der Waals surface area contributed by atoms with Gasteiger partial charge >= 0.3 is 0 Å². The number of hydrogen-bond donors (Lipinski definition) is 2. The van der Waals surface area contributed by atoms with Crippen LogP contribution in [0.3, 0.4) is 0 Å². The molecule has 3 aromatic rings. The lowest BCUT2D eigenvalue weighted by Gasteiger charge is -2.18. The first-order valence-electron chi connectivity index (χ1n) is 9.45. The molecule has 3 N–H and O–H groups in total. The highest BCUT2D eigenvalue weighted by molar-refractivity contribution is 5.99. The van der Waals surface area contributed by atoms with Crippen molar-refractivity contribution < 1.29 is 8.78 Å². The number of nitrogen functional groups attached to an aromatic ring is 1. The third-order valence-corrected chi connectivity index (χ3v) is 5.25. The Morgan fingerprint density at radius 3 is 2.82 bits per heavy atom. The summed E-state index contributed by atoms with van der Waals surface area (Å²) in [5.74, 6) is 1.42. The Hall–Kier alpha value is -2.96. The monoisotopic (exact) mass is 383 g/mol. The summed E-state index contributed by atoms with van der Waals surface area (Å²) in [6, 6.07) is 11.9. The molecule has 5 nitrogen and oxygen atoms in total. The predicted octanol–water partition coefficient (Wildman–Crippen LogP) is 4.31. The Kier molecular flexibility index (Phi) is 5.23. The van der Waals surface area contributed by atoms with Crippen LogP contribution in [0.4, 0.5) is 26.1 Å². The molecule has 0 radical (unpaired) electrons. The molecule has 146 valence electrons. The highest BCUT2D eigenvalue weighted by atomic mass is 19.3. The highest BCUT2D eigenvalue weighted by Crippen LogP contribution is 2.28. The average molecular weight is 383 g/mol. The van der Waals surface area contributed by atoms with Crippen molar-refractivity contribution in [2.75, 3.05) is 29.0 Å². The quantitative estimate of drug-likeness (QED) is 0.664. The number of anilines is 3. The van der Waals surface area contributed by atoms with Crippen molar-refractivity contribution in [3.8, 4) is 0 Å². The number of rotatable bonds is 6. The number of aromatic nitrogens is 2. The van der Waals surface area contributed by atoms with Crippen molar-refractivity contribution in [3.63, 3.8) is 0 Å². The van der Waals surface area contributed by atoms with Gasteiger partial charge in [-0.1, -0.05) is 18.2 Å². The Morgan fingerprint density at radius 2 is 2.04 bits per heavy atom. The molecule has 1 aliphatic rings. The van der Waals surface area contributed by atoms with Gasteiger partial charge in [0, 0.05) is 54.9 Å². The van der Waals surface area contributed by atoms with Crippen molar-refractivity contribution in [3.05, 3.63) is 54.4 Å². The fraction of sp³-hybridized carbons (Fsp3) is 0.333. The number of halogens is 2. The lowest BCUT2D eigenvalue weighted by atomic mass is 10.1. The number of nitrogens with two attached hydrogens (primary N) is 1. The fourth-order valence-electron chi connectivity index (χ4n) is 3.77. The normalized spacial score (nSPS) is 16.8. The summed E-state index contributed by atoms with van der Waals surface area (Å²) >= 11 is 0. The van der Waals surface area contributed by atoms with Crippen LogP contribution >= 0.6 is 0 Å². The van der Waals surface area contributed by atoms with Crippen molar-refractivity contribution in [2.45, 2.75) is 25.8 Å². The van der Waals surface area contributed by atoms with Crippen LogP contribution in [0.1, 0.15) is 18.4 Å². The Balaban J connectivity index is 1.40. The SMILES string of the molecule is Nc1nccc2c(NCc3ccc(N4CCC(CC(F)F)C4)nc3)cccc12. The van der Waals surface area contributed by atoms with E-state index in [1.807, 2.05) is 42.6 Å². The topological polar surface area (TPSA) is 67.1 Å². The van der Waals surface area contributed by atoms with E-state index in [2.05, 4.69) is 20.2 Å². The first-order chi connectivity index (χ1) is 13.6. The molecule has 4 rings (SSSR count). The maximum absolute atomic E-state index is 12.6. The van der Waals surface area contributed by atoms with Crippen LogP contribution in [0.5, 0.6) is 0 Å². The Bertz CT molecular complexity index is 945. The van der Waals surface area contributed by atoms with Crippen molar-refractivity contribution in [2.24, 2.45) is 5.92 Å². The van der Waals surface area contributed by atoms with Gasteiger partial charge in [0.15, 0.2) is 0 Å². The standard InChI is InChI=1S/C21H23F2N5/c22-19(23)10-14-7-9-28(13-14)20-5-4-15(12-27-20)11-26-18-3-1-2-17-16(18)6-8-25-21(17)24/h1-6,8,12,14,19,26H,7,9-11,13H2,(H2,24,25). The molecule has 3 heterocycles. The zero-order valence-electron chi connectivity index (χ0n) is 15.5. The van der Waals surface area contributed by atoms with Crippen LogP contribution < -0.4 is 16.0 Å². The Morgan fingerprint density at radius 1 is 1.14 bits per heavy atom. The van der Waals surface area contributed by atoms with Gasteiger partial charge in [0.25, 0.3) is 0 Å². The summed E-state index contributed by atoms with van der Waals surface area (Å²) in [6.45, 7) is 2.07. The maximum Gasteiger partial charge on any atom is 0.239 e. The molecule has 1 fully saturated rings. The number of pyridine rings is 2. The number of hydrogen-bond acceptors (Lipinski definition) is 5. The Labute approximate surface area is 162 Å². The zero-order valence-corrected chi connectivity index (χ0v) is 15.5. The van der Waals surface area contributed by atoms with Crippen molar-refractivity contribution in [1.29, 1.82) is 0 Å². The molecule has 1 saturated heterocycles. The van der Waals surface area contributed by atoms with Crippen LogP contribution in [0.2, 0.25) is 0 Å². The first-order valence-corrected chi connectivity index (χ1v) is 9.45. The van der Waals surface area contributed by atoms with Crippen molar-refractivity contribution >= 4 is 28.1 Å². The third kappa shape index (κ3) is 3.98. The van der Waals surface area contributed by atoms with Gasteiger partial charge in [0.1, 0.15) is 11.6 Å². The number of benzene rings is 1. The van der Waals surface area contributed by atoms with E-state index < -0.39 is 6.43 Å². The summed E-state index contributed by atoms with van der Waals surface area (Å²) in [5, 5.41) is 5.38. The minimum absolute atomic E-state index is 0.0242. The van der Waals surface area contributed by atoms with Crippen LogP contribution in [-0.2, 0) is 6.54 Å². The van der Waals surface area contributed by atoms with Gasteiger partial charge < -0.3 is 16.0 Å². The van der Waals surface area contributed by atoms with Crippen LogP contribution in [0.25, 0.3) is 10.8 Å². The van der Waals surface area contributed by atoms with Crippen LogP contribution in [0.15, 0.2) is 48.8 Å². The van der Waals surface area contributed by atoms with E-state index in [4.69, 9.17) is 5.73 Å². The lowest BCUT2D eigenvalue weighted by molar-refractivity contribution is 0.118. The molecule has 28 heavy (non-hydrogen) atoms. The average Bonchev–Trinajstić information content (AvgIpc) is 3.15. The molecule has 0 spiro atoms. The van der Waals surface area contributed by atoms with Crippen molar-refractivity contribution in [1.82, 2.24) is 9.97 Å². The second-order valence-corrected chi connectivity index (χ2v) is 7.20. The molecule has 1 aliphatic heterocycles. The van der Waals surface area contributed by atoms with E-state index in [1.54, 1.807) is 6.20 Å². The molecule has 1 aromatic carbocycles. The summed E-state index contributed by atoms with van der Waals surface area (Å²) in [7, 11) is 0. The molecule has 7 heteroatoms. The first kappa shape index (κ1) is 18.4.